The quantitative estimate of drug-likeness (QED) is 0.484. The fraction of sp³-hybridized carbons (Fsp3) is 0.346. The molecule has 1 atom stereocenters. The van der Waals surface area contributed by atoms with Gasteiger partial charge in [-0.25, -0.2) is 18.1 Å². The molecular weight excluding hydrogens is 482 g/mol. The lowest BCUT2D eigenvalue weighted by Crippen LogP contribution is -2.36. The first kappa shape index (κ1) is 24.4. The highest BCUT2D eigenvalue weighted by molar-refractivity contribution is 7.89. The Morgan fingerprint density at radius 3 is 2.69 bits per heavy atom. The first-order chi connectivity index (χ1) is 17.4. The van der Waals surface area contributed by atoms with Gasteiger partial charge in [0.05, 0.1) is 18.1 Å². The number of ether oxygens (including phenoxy) is 4. The van der Waals surface area contributed by atoms with Crippen molar-refractivity contribution in [3.05, 3.63) is 65.9 Å². The van der Waals surface area contributed by atoms with Gasteiger partial charge in [-0.1, -0.05) is 13.0 Å². The van der Waals surface area contributed by atoms with Gasteiger partial charge in [0, 0.05) is 48.7 Å². The fourth-order valence-electron chi connectivity index (χ4n) is 4.42. The molecule has 1 unspecified atom stereocenters. The highest BCUT2D eigenvalue weighted by Gasteiger charge is 2.24. The minimum absolute atomic E-state index is 0.0810. The van der Waals surface area contributed by atoms with Gasteiger partial charge in [0.15, 0.2) is 11.5 Å². The number of rotatable bonds is 8. The predicted molar refractivity (Wildman–Crippen MR) is 134 cm³/mol. The number of benzene rings is 2. The van der Waals surface area contributed by atoms with Crippen LogP contribution in [0.4, 0.5) is 5.69 Å². The fourth-order valence-corrected chi connectivity index (χ4v) is 5.66. The third-order valence-corrected chi connectivity index (χ3v) is 7.81. The van der Waals surface area contributed by atoms with Crippen molar-refractivity contribution in [3.8, 4) is 23.1 Å². The molecule has 1 saturated heterocycles. The second kappa shape index (κ2) is 10.3. The largest absolute Gasteiger partial charge is 0.454 e. The van der Waals surface area contributed by atoms with Crippen molar-refractivity contribution in [3.63, 3.8) is 0 Å². The Bertz CT molecular complexity index is 1340. The molecule has 9 nitrogen and oxygen atoms in total. The molecule has 0 radical (unpaired) electrons. The lowest BCUT2D eigenvalue weighted by atomic mass is 10.0. The van der Waals surface area contributed by atoms with Gasteiger partial charge < -0.3 is 23.8 Å². The third-order valence-electron chi connectivity index (χ3n) is 6.27. The highest BCUT2D eigenvalue weighted by Crippen LogP contribution is 2.35. The summed E-state index contributed by atoms with van der Waals surface area (Å²) in [4.78, 5) is 6.83. The topological polar surface area (TPSA) is 99.2 Å². The van der Waals surface area contributed by atoms with Gasteiger partial charge in [0.2, 0.25) is 22.7 Å². The molecule has 0 saturated carbocycles. The van der Waals surface area contributed by atoms with E-state index in [9.17, 15) is 8.42 Å². The lowest BCUT2D eigenvalue weighted by Gasteiger charge is -2.29. The van der Waals surface area contributed by atoms with Crippen molar-refractivity contribution in [1.82, 2.24) is 9.71 Å². The van der Waals surface area contributed by atoms with Crippen LogP contribution in [0.1, 0.15) is 31.0 Å². The standard InChI is InChI=1S/C26H29N3O6S/c1-3-22-23(18(2)28-36(30,31)21-7-8-24-25(16-21)34-17-33-24)9-10-27-26(22)35-20-6-4-5-19(15-20)29-11-13-32-14-12-29/h4-10,15-16,18,28H,3,11-14,17H2,1-2H3. The van der Waals surface area contributed by atoms with E-state index in [1.807, 2.05) is 38.1 Å². The predicted octanol–water partition coefficient (Wildman–Crippen LogP) is 4.04. The number of anilines is 1. The van der Waals surface area contributed by atoms with E-state index in [-0.39, 0.29) is 11.7 Å². The average Bonchev–Trinajstić information content (AvgIpc) is 3.37. The van der Waals surface area contributed by atoms with Crippen LogP contribution in [0.15, 0.2) is 59.6 Å². The van der Waals surface area contributed by atoms with Crippen molar-refractivity contribution in [2.45, 2.75) is 31.2 Å². The van der Waals surface area contributed by atoms with Gasteiger partial charge in [0.25, 0.3) is 0 Å². The second-order valence-corrected chi connectivity index (χ2v) is 10.3. The molecule has 5 rings (SSSR count). The van der Waals surface area contributed by atoms with E-state index >= 15 is 0 Å². The Balaban J connectivity index is 1.36. The summed E-state index contributed by atoms with van der Waals surface area (Å²) in [6.07, 6.45) is 2.26. The normalized spacial score (nSPS) is 16.1. The monoisotopic (exact) mass is 511 g/mol. The number of hydrogen-bond acceptors (Lipinski definition) is 8. The van der Waals surface area contributed by atoms with Crippen LogP contribution >= 0.6 is 0 Å². The van der Waals surface area contributed by atoms with Crippen molar-refractivity contribution in [2.24, 2.45) is 0 Å². The van der Waals surface area contributed by atoms with Crippen molar-refractivity contribution in [2.75, 3.05) is 38.0 Å². The van der Waals surface area contributed by atoms with Crippen LogP contribution < -0.4 is 23.8 Å². The molecule has 3 heterocycles. The Morgan fingerprint density at radius 2 is 1.89 bits per heavy atom. The summed E-state index contributed by atoms with van der Waals surface area (Å²) in [5.41, 5.74) is 2.71. The zero-order chi connectivity index (χ0) is 25.1. The van der Waals surface area contributed by atoms with Crippen LogP contribution in [0.5, 0.6) is 23.1 Å². The van der Waals surface area contributed by atoms with Gasteiger partial charge >= 0.3 is 0 Å². The summed E-state index contributed by atoms with van der Waals surface area (Å²) in [6, 6.07) is 13.8. The van der Waals surface area contributed by atoms with E-state index in [0.29, 0.717) is 42.8 Å². The molecule has 10 heteroatoms. The number of sulfonamides is 1. The zero-order valence-electron chi connectivity index (χ0n) is 20.3. The van der Waals surface area contributed by atoms with E-state index in [1.165, 1.54) is 12.1 Å². The van der Waals surface area contributed by atoms with Gasteiger partial charge in [-0.15, -0.1) is 0 Å². The maximum atomic E-state index is 13.1. The summed E-state index contributed by atoms with van der Waals surface area (Å²) in [7, 11) is -3.81. The summed E-state index contributed by atoms with van der Waals surface area (Å²) in [5.74, 6) is 2.08. The van der Waals surface area contributed by atoms with Gasteiger partial charge in [-0.3, -0.25) is 0 Å². The molecule has 36 heavy (non-hydrogen) atoms. The van der Waals surface area contributed by atoms with E-state index in [1.54, 1.807) is 12.3 Å². The smallest absolute Gasteiger partial charge is 0.241 e. The average molecular weight is 512 g/mol. The van der Waals surface area contributed by atoms with Gasteiger partial charge in [-0.05, 0) is 49.2 Å². The Hall–Kier alpha value is -3.34. The number of nitrogens with one attached hydrogen (secondary N) is 1. The number of pyridine rings is 1. The van der Waals surface area contributed by atoms with E-state index in [4.69, 9.17) is 18.9 Å². The van der Waals surface area contributed by atoms with Crippen LogP contribution in [-0.2, 0) is 21.2 Å². The summed E-state index contributed by atoms with van der Waals surface area (Å²) in [6.45, 7) is 6.95. The number of nitrogens with zero attached hydrogens (tertiary/aromatic N) is 2. The van der Waals surface area contributed by atoms with Crippen LogP contribution in [0.2, 0.25) is 0 Å². The van der Waals surface area contributed by atoms with Crippen LogP contribution in [0.3, 0.4) is 0 Å². The summed E-state index contributed by atoms with van der Waals surface area (Å²) in [5, 5.41) is 0. The minimum Gasteiger partial charge on any atom is -0.454 e. The van der Waals surface area contributed by atoms with Crippen molar-refractivity contribution < 1.29 is 27.4 Å². The molecule has 2 aromatic carbocycles. The number of hydrogen-bond donors (Lipinski definition) is 1. The third kappa shape index (κ3) is 5.11. The molecule has 1 N–H and O–H groups in total. The molecule has 0 amide bonds. The molecule has 2 aliphatic heterocycles. The second-order valence-electron chi connectivity index (χ2n) is 8.59. The molecule has 0 spiro atoms. The molecule has 0 bridgehead atoms. The van der Waals surface area contributed by atoms with Crippen molar-refractivity contribution in [1.29, 1.82) is 0 Å². The minimum atomic E-state index is -3.81. The Morgan fingerprint density at radius 1 is 1.08 bits per heavy atom. The Labute approximate surface area is 211 Å². The molecular formula is C26H29N3O6S. The Kier molecular flexibility index (Phi) is 6.99. The SMILES string of the molecule is CCc1c(C(C)NS(=O)(=O)c2ccc3c(c2)OCO3)ccnc1Oc1cccc(N2CCOCC2)c1. The van der Waals surface area contributed by atoms with Gasteiger partial charge in [0.1, 0.15) is 5.75 Å². The lowest BCUT2D eigenvalue weighted by molar-refractivity contribution is 0.122. The number of fused-ring (bicyclic) bond motifs is 1. The first-order valence-electron chi connectivity index (χ1n) is 11.9. The van der Waals surface area contributed by atoms with E-state index in [0.717, 1.165) is 29.9 Å². The maximum absolute atomic E-state index is 13.1. The molecule has 1 fully saturated rings. The molecule has 0 aliphatic carbocycles. The van der Waals surface area contributed by atoms with E-state index < -0.39 is 16.1 Å². The van der Waals surface area contributed by atoms with Crippen LogP contribution in [-0.4, -0.2) is 46.5 Å². The molecule has 3 aromatic rings. The summed E-state index contributed by atoms with van der Waals surface area (Å²) < 4.78 is 51.3. The van der Waals surface area contributed by atoms with Crippen LogP contribution in [0, 0.1) is 0 Å². The first-order valence-corrected chi connectivity index (χ1v) is 13.4. The molecule has 190 valence electrons. The number of aromatic nitrogens is 1. The molecule has 1 aromatic heterocycles. The maximum Gasteiger partial charge on any atom is 0.241 e. The van der Waals surface area contributed by atoms with Crippen molar-refractivity contribution >= 4 is 15.7 Å². The highest BCUT2D eigenvalue weighted by atomic mass is 32.2. The summed E-state index contributed by atoms with van der Waals surface area (Å²) >= 11 is 0. The van der Waals surface area contributed by atoms with Gasteiger partial charge in [-0.2, -0.15) is 0 Å². The van der Waals surface area contributed by atoms with E-state index in [2.05, 4.69) is 20.7 Å². The zero-order valence-corrected chi connectivity index (χ0v) is 21.1. The molecule has 2 aliphatic rings. The van der Waals surface area contributed by atoms with Crippen LogP contribution in [0.25, 0.3) is 0 Å². The number of morpholine rings is 1.